The number of furan rings is 1. The molecular weight excluding hydrogens is 580 g/mol. The summed E-state index contributed by atoms with van der Waals surface area (Å²) in [6.45, 7) is 7.69. The first kappa shape index (κ1) is 26.9. The largest absolute Gasteiger partial charge is 0.496 e. The van der Waals surface area contributed by atoms with Crippen molar-refractivity contribution in [2.24, 2.45) is 4.99 Å². The fourth-order valence-corrected chi connectivity index (χ4v) is 6.35. The number of carbonyl (C=O) groups excluding carboxylic acids is 1. The first-order valence-electron chi connectivity index (χ1n) is 12.4. The minimum Gasteiger partial charge on any atom is -0.496 e. The minimum absolute atomic E-state index is 0.210. The molecule has 0 bridgehead atoms. The van der Waals surface area contributed by atoms with E-state index in [0.717, 1.165) is 26.7 Å². The summed E-state index contributed by atoms with van der Waals surface area (Å²) in [4.78, 5) is 32.1. The van der Waals surface area contributed by atoms with Crippen LogP contribution in [0, 0.1) is 13.8 Å². The maximum absolute atomic E-state index is 13.9. The smallest absolute Gasteiger partial charge is 0.338 e. The van der Waals surface area contributed by atoms with Crippen LogP contribution in [-0.4, -0.2) is 24.3 Å². The summed E-state index contributed by atoms with van der Waals surface area (Å²) in [5.41, 5.74) is 4.29. The number of esters is 1. The number of carbonyl (C=O) groups is 1. The van der Waals surface area contributed by atoms with Crippen LogP contribution < -0.4 is 19.6 Å². The van der Waals surface area contributed by atoms with E-state index in [1.54, 1.807) is 31.6 Å². The molecule has 5 rings (SSSR count). The number of aromatic nitrogens is 1. The Bertz CT molecular complexity index is 1810. The fourth-order valence-electron chi connectivity index (χ4n) is 4.64. The lowest BCUT2D eigenvalue weighted by Gasteiger charge is -2.25. The van der Waals surface area contributed by atoms with Gasteiger partial charge in [0.15, 0.2) is 4.80 Å². The second kappa shape index (κ2) is 10.8. The van der Waals surface area contributed by atoms with Gasteiger partial charge in [-0.2, -0.15) is 0 Å². The molecule has 3 heterocycles. The quantitative estimate of drug-likeness (QED) is 0.273. The molecule has 0 radical (unpaired) electrons. The van der Waals surface area contributed by atoms with Gasteiger partial charge in [0, 0.05) is 16.1 Å². The van der Waals surface area contributed by atoms with Crippen molar-refractivity contribution in [3.63, 3.8) is 0 Å². The van der Waals surface area contributed by atoms with E-state index in [2.05, 4.69) is 20.9 Å². The maximum Gasteiger partial charge on any atom is 0.338 e. The number of halogens is 1. The Labute approximate surface area is 237 Å². The van der Waals surface area contributed by atoms with E-state index in [1.807, 2.05) is 62.4 Å². The summed E-state index contributed by atoms with van der Waals surface area (Å²) < 4.78 is 19.9. The average Bonchev–Trinajstić information content (AvgIpc) is 3.48. The lowest BCUT2D eigenvalue weighted by atomic mass is 9.95. The number of aryl methyl sites for hydroxylation is 2. The number of methoxy groups -OCH3 is 1. The van der Waals surface area contributed by atoms with Crippen LogP contribution in [0.2, 0.25) is 0 Å². The Hall–Kier alpha value is -3.69. The van der Waals surface area contributed by atoms with Crippen molar-refractivity contribution in [3.05, 3.63) is 106 Å². The standard InChI is InChI=1S/C30H27BrN2O5S/c1-6-37-29(35)26-18(4)32-30-33(27(26)19-9-8-17(3)24(14-19)36-5)28(34)25(39-30)15-20-10-12-23(38-20)21-11-7-16(2)13-22(21)31/h7-15,27H,6H2,1-5H3/b25-15+/t27-/m0/s1. The van der Waals surface area contributed by atoms with E-state index in [1.165, 1.54) is 11.3 Å². The molecule has 9 heteroatoms. The summed E-state index contributed by atoms with van der Waals surface area (Å²) in [6, 6.07) is 14.7. The molecule has 0 saturated heterocycles. The second-order valence-corrected chi connectivity index (χ2v) is 11.1. The molecule has 4 aromatic rings. The Morgan fingerprint density at radius 3 is 2.67 bits per heavy atom. The number of fused-ring (bicyclic) bond motifs is 1. The van der Waals surface area contributed by atoms with Crippen LogP contribution in [0.5, 0.6) is 5.75 Å². The highest BCUT2D eigenvalue weighted by atomic mass is 79.9. The SMILES string of the molecule is CCOC(=O)C1=C(C)N=c2s/c(=C/c3ccc(-c4ccc(C)cc4Br)o3)c(=O)n2[C@H]1c1ccc(C)c(OC)c1. The van der Waals surface area contributed by atoms with Gasteiger partial charge in [-0.15, -0.1) is 0 Å². The predicted molar refractivity (Wildman–Crippen MR) is 155 cm³/mol. The van der Waals surface area contributed by atoms with Crippen LogP contribution >= 0.6 is 27.3 Å². The lowest BCUT2D eigenvalue weighted by molar-refractivity contribution is -0.139. The minimum atomic E-state index is -0.715. The number of ether oxygens (including phenoxy) is 2. The Kier molecular flexibility index (Phi) is 7.46. The van der Waals surface area contributed by atoms with Crippen molar-refractivity contribution in [3.8, 4) is 17.1 Å². The maximum atomic E-state index is 13.9. The van der Waals surface area contributed by atoms with E-state index in [4.69, 9.17) is 13.9 Å². The summed E-state index contributed by atoms with van der Waals surface area (Å²) in [5.74, 6) is 1.39. The van der Waals surface area contributed by atoms with Gasteiger partial charge < -0.3 is 13.9 Å². The van der Waals surface area contributed by atoms with Crippen molar-refractivity contribution < 1.29 is 18.7 Å². The number of allylic oxidation sites excluding steroid dienone is 1. The van der Waals surface area contributed by atoms with Crippen molar-refractivity contribution in [1.82, 2.24) is 4.57 Å². The number of rotatable bonds is 6. The van der Waals surface area contributed by atoms with Gasteiger partial charge in [-0.25, -0.2) is 9.79 Å². The number of thiazole rings is 1. The Morgan fingerprint density at radius 1 is 1.15 bits per heavy atom. The third-order valence-corrected chi connectivity index (χ3v) is 8.19. The highest BCUT2D eigenvalue weighted by molar-refractivity contribution is 9.10. The highest BCUT2D eigenvalue weighted by Gasteiger charge is 2.33. The van der Waals surface area contributed by atoms with Crippen molar-refractivity contribution >= 4 is 39.3 Å². The zero-order chi connectivity index (χ0) is 27.8. The molecule has 0 spiro atoms. The Morgan fingerprint density at radius 2 is 1.95 bits per heavy atom. The molecule has 2 aromatic heterocycles. The highest BCUT2D eigenvalue weighted by Crippen LogP contribution is 2.34. The molecular formula is C30H27BrN2O5S. The topological polar surface area (TPSA) is 83.0 Å². The average molecular weight is 608 g/mol. The van der Waals surface area contributed by atoms with Crippen molar-refractivity contribution in [2.45, 2.75) is 33.7 Å². The van der Waals surface area contributed by atoms with Gasteiger partial charge in [-0.1, -0.05) is 45.5 Å². The van der Waals surface area contributed by atoms with Gasteiger partial charge in [0.2, 0.25) is 0 Å². The van der Waals surface area contributed by atoms with Gasteiger partial charge >= 0.3 is 5.97 Å². The van der Waals surface area contributed by atoms with E-state index >= 15 is 0 Å². The summed E-state index contributed by atoms with van der Waals surface area (Å²) >= 11 is 4.85. The first-order valence-corrected chi connectivity index (χ1v) is 14.0. The fraction of sp³-hybridized carbons (Fsp3) is 0.233. The Balaban J connectivity index is 1.65. The summed E-state index contributed by atoms with van der Waals surface area (Å²) in [6.07, 6.45) is 1.71. The van der Waals surface area contributed by atoms with Crippen LogP contribution in [-0.2, 0) is 9.53 Å². The molecule has 1 aliphatic rings. The lowest BCUT2D eigenvalue weighted by Crippen LogP contribution is -2.40. The van der Waals surface area contributed by atoms with Gasteiger partial charge in [0.1, 0.15) is 17.3 Å². The molecule has 0 aliphatic carbocycles. The molecule has 1 atom stereocenters. The number of benzene rings is 2. The zero-order valence-corrected chi connectivity index (χ0v) is 24.6. The van der Waals surface area contributed by atoms with Crippen molar-refractivity contribution in [2.75, 3.05) is 13.7 Å². The second-order valence-electron chi connectivity index (χ2n) is 9.22. The van der Waals surface area contributed by atoms with Gasteiger partial charge in [-0.3, -0.25) is 9.36 Å². The molecule has 200 valence electrons. The molecule has 0 unspecified atom stereocenters. The molecule has 7 nitrogen and oxygen atoms in total. The molecule has 0 fully saturated rings. The van der Waals surface area contributed by atoms with Gasteiger partial charge in [-0.05, 0) is 74.7 Å². The van der Waals surface area contributed by atoms with E-state index in [9.17, 15) is 9.59 Å². The van der Waals surface area contributed by atoms with E-state index < -0.39 is 12.0 Å². The first-order chi connectivity index (χ1) is 18.7. The third kappa shape index (κ3) is 5.04. The van der Waals surface area contributed by atoms with E-state index in [-0.39, 0.29) is 12.2 Å². The normalized spacial score (nSPS) is 15.2. The summed E-state index contributed by atoms with van der Waals surface area (Å²) in [5, 5.41) is 0. The molecule has 0 N–H and O–H groups in total. The third-order valence-electron chi connectivity index (χ3n) is 6.56. The van der Waals surface area contributed by atoms with Crippen LogP contribution in [0.4, 0.5) is 0 Å². The monoisotopic (exact) mass is 606 g/mol. The zero-order valence-electron chi connectivity index (χ0n) is 22.2. The molecule has 0 amide bonds. The number of hydrogen-bond acceptors (Lipinski definition) is 7. The van der Waals surface area contributed by atoms with Gasteiger partial charge in [0.25, 0.3) is 5.56 Å². The molecule has 1 aliphatic heterocycles. The van der Waals surface area contributed by atoms with Crippen LogP contribution in [0.1, 0.15) is 42.3 Å². The van der Waals surface area contributed by atoms with Crippen LogP contribution in [0.3, 0.4) is 0 Å². The predicted octanol–water partition coefficient (Wildman–Crippen LogP) is 5.45. The van der Waals surface area contributed by atoms with Gasteiger partial charge in [0.05, 0.1) is 35.6 Å². The number of hydrogen-bond donors (Lipinski definition) is 0. The van der Waals surface area contributed by atoms with E-state index in [0.29, 0.717) is 37.9 Å². The molecule has 39 heavy (non-hydrogen) atoms. The van der Waals surface area contributed by atoms with Crippen LogP contribution in [0.15, 0.2) is 78.5 Å². The summed E-state index contributed by atoms with van der Waals surface area (Å²) in [7, 11) is 1.59. The van der Waals surface area contributed by atoms with Crippen LogP contribution in [0.25, 0.3) is 17.4 Å². The van der Waals surface area contributed by atoms with Crippen molar-refractivity contribution in [1.29, 1.82) is 0 Å². The number of nitrogens with zero attached hydrogens (tertiary/aromatic N) is 2. The molecule has 2 aromatic carbocycles. The molecule has 0 saturated carbocycles.